The molecule has 1 heterocycles. The van der Waals surface area contributed by atoms with Gasteiger partial charge in [0.15, 0.2) is 11.5 Å². The fourth-order valence-corrected chi connectivity index (χ4v) is 2.08. The molecule has 0 saturated carbocycles. The summed E-state index contributed by atoms with van der Waals surface area (Å²) < 4.78 is 10.6. The van der Waals surface area contributed by atoms with Crippen molar-refractivity contribution in [2.45, 2.75) is 13.1 Å². The SMILES string of the molecule is NCc1cccc(CNc2ccc3c(c2)OCO3)c1. The molecule has 98 valence electrons. The van der Waals surface area contributed by atoms with Gasteiger partial charge in [0.05, 0.1) is 0 Å². The van der Waals surface area contributed by atoms with Crippen LogP contribution in [0.5, 0.6) is 11.5 Å². The molecule has 0 aliphatic carbocycles. The van der Waals surface area contributed by atoms with Crippen LogP contribution in [-0.2, 0) is 13.1 Å². The summed E-state index contributed by atoms with van der Waals surface area (Å²) in [6, 6.07) is 14.1. The van der Waals surface area contributed by atoms with Gasteiger partial charge in [-0.2, -0.15) is 0 Å². The highest BCUT2D eigenvalue weighted by Gasteiger charge is 2.12. The van der Waals surface area contributed by atoms with Crippen molar-refractivity contribution in [3.8, 4) is 11.5 Å². The van der Waals surface area contributed by atoms with Crippen LogP contribution in [0.3, 0.4) is 0 Å². The number of rotatable bonds is 4. The van der Waals surface area contributed by atoms with Crippen molar-refractivity contribution in [3.05, 3.63) is 53.6 Å². The van der Waals surface area contributed by atoms with E-state index in [-0.39, 0.29) is 0 Å². The van der Waals surface area contributed by atoms with Gasteiger partial charge in [0.2, 0.25) is 6.79 Å². The van der Waals surface area contributed by atoms with Gasteiger partial charge in [-0.3, -0.25) is 0 Å². The highest BCUT2D eigenvalue weighted by atomic mass is 16.7. The second-order valence-electron chi connectivity index (χ2n) is 4.45. The summed E-state index contributed by atoms with van der Waals surface area (Å²) in [5, 5.41) is 3.37. The number of nitrogens with one attached hydrogen (secondary N) is 1. The molecule has 0 bridgehead atoms. The summed E-state index contributed by atoms with van der Waals surface area (Å²) in [4.78, 5) is 0. The van der Waals surface area contributed by atoms with Gasteiger partial charge in [0.1, 0.15) is 0 Å². The smallest absolute Gasteiger partial charge is 0.231 e. The monoisotopic (exact) mass is 256 g/mol. The number of hydrogen-bond acceptors (Lipinski definition) is 4. The Morgan fingerprint density at radius 3 is 2.74 bits per heavy atom. The molecule has 0 fully saturated rings. The van der Waals surface area contributed by atoms with Crippen LogP contribution < -0.4 is 20.5 Å². The molecule has 0 spiro atoms. The van der Waals surface area contributed by atoms with Gasteiger partial charge in [-0.25, -0.2) is 0 Å². The highest BCUT2D eigenvalue weighted by molar-refractivity contribution is 5.55. The van der Waals surface area contributed by atoms with Crippen molar-refractivity contribution in [2.24, 2.45) is 5.73 Å². The molecule has 0 amide bonds. The quantitative estimate of drug-likeness (QED) is 0.882. The molecule has 0 atom stereocenters. The van der Waals surface area contributed by atoms with Gasteiger partial charge >= 0.3 is 0 Å². The topological polar surface area (TPSA) is 56.5 Å². The van der Waals surface area contributed by atoms with Gasteiger partial charge in [-0.15, -0.1) is 0 Å². The molecule has 2 aromatic rings. The summed E-state index contributed by atoms with van der Waals surface area (Å²) in [6.45, 7) is 1.63. The van der Waals surface area contributed by atoms with Crippen LogP contribution in [0.1, 0.15) is 11.1 Å². The summed E-state index contributed by atoms with van der Waals surface area (Å²) in [6.07, 6.45) is 0. The van der Waals surface area contributed by atoms with E-state index in [0.717, 1.165) is 29.3 Å². The van der Waals surface area contributed by atoms with Gasteiger partial charge in [0, 0.05) is 24.8 Å². The maximum absolute atomic E-state index is 5.64. The van der Waals surface area contributed by atoms with Crippen LogP contribution in [-0.4, -0.2) is 6.79 Å². The van der Waals surface area contributed by atoms with E-state index in [0.29, 0.717) is 13.3 Å². The Morgan fingerprint density at radius 1 is 1.00 bits per heavy atom. The minimum atomic E-state index is 0.303. The lowest BCUT2D eigenvalue weighted by Gasteiger charge is -2.08. The number of anilines is 1. The van der Waals surface area contributed by atoms with Crippen LogP contribution in [0.15, 0.2) is 42.5 Å². The number of fused-ring (bicyclic) bond motifs is 1. The van der Waals surface area contributed by atoms with Crippen LogP contribution >= 0.6 is 0 Å². The Balaban J connectivity index is 1.68. The Hall–Kier alpha value is -2.20. The minimum Gasteiger partial charge on any atom is -0.454 e. The lowest BCUT2D eigenvalue weighted by atomic mass is 10.1. The zero-order valence-electron chi connectivity index (χ0n) is 10.6. The number of benzene rings is 2. The third kappa shape index (κ3) is 2.63. The molecule has 2 aromatic carbocycles. The van der Waals surface area contributed by atoms with Crippen LogP contribution in [0, 0.1) is 0 Å². The van der Waals surface area contributed by atoms with E-state index in [4.69, 9.17) is 15.2 Å². The Kier molecular flexibility index (Phi) is 3.25. The van der Waals surface area contributed by atoms with E-state index in [1.165, 1.54) is 5.56 Å². The average molecular weight is 256 g/mol. The zero-order valence-corrected chi connectivity index (χ0v) is 10.6. The zero-order chi connectivity index (χ0) is 13.1. The molecular formula is C15H16N2O2. The molecule has 3 N–H and O–H groups in total. The fourth-order valence-electron chi connectivity index (χ4n) is 2.08. The lowest BCUT2D eigenvalue weighted by molar-refractivity contribution is 0.174. The first kappa shape index (κ1) is 11.9. The number of hydrogen-bond donors (Lipinski definition) is 2. The summed E-state index contributed by atoms with van der Waals surface area (Å²) in [5.74, 6) is 1.59. The largest absolute Gasteiger partial charge is 0.454 e. The molecule has 0 unspecified atom stereocenters. The molecular weight excluding hydrogens is 240 g/mol. The Labute approximate surface area is 112 Å². The standard InChI is InChI=1S/C15H16N2O2/c16-8-11-2-1-3-12(6-11)9-17-13-4-5-14-15(7-13)19-10-18-14/h1-7,17H,8-10,16H2. The van der Waals surface area contributed by atoms with Crippen LogP contribution in [0.25, 0.3) is 0 Å². The predicted octanol–water partition coefficient (Wildman–Crippen LogP) is 2.49. The summed E-state index contributed by atoms with van der Waals surface area (Å²) >= 11 is 0. The second kappa shape index (κ2) is 5.20. The van der Waals surface area contributed by atoms with Gasteiger partial charge in [0.25, 0.3) is 0 Å². The van der Waals surface area contributed by atoms with Crippen molar-refractivity contribution < 1.29 is 9.47 Å². The van der Waals surface area contributed by atoms with Crippen molar-refractivity contribution in [2.75, 3.05) is 12.1 Å². The van der Waals surface area contributed by atoms with Crippen LogP contribution in [0.4, 0.5) is 5.69 Å². The summed E-state index contributed by atoms with van der Waals surface area (Å²) in [5.41, 5.74) is 9.01. The number of nitrogens with two attached hydrogens (primary N) is 1. The van der Waals surface area contributed by atoms with Crippen LogP contribution in [0.2, 0.25) is 0 Å². The second-order valence-corrected chi connectivity index (χ2v) is 4.45. The summed E-state index contributed by atoms with van der Waals surface area (Å²) in [7, 11) is 0. The predicted molar refractivity (Wildman–Crippen MR) is 74.2 cm³/mol. The third-order valence-corrected chi connectivity index (χ3v) is 3.10. The molecule has 19 heavy (non-hydrogen) atoms. The molecule has 0 radical (unpaired) electrons. The average Bonchev–Trinajstić information content (AvgIpc) is 2.93. The molecule has 4 nitrogen and oxygen atoms in total. The van der Waals surface area contributed by atoms with Crippen molar-refractivity contribution in [1.29, 1.82) is 0 Å². The van der Waals surface area contributed by atoms with E-state index < -0.39 is 0 Å². The lowest BCUT2D eigenvalue weighted by Crippen LogP contribution is -2.01. The first-order valence-corrected chi connectivity index (χ1v) is 6.26. The van der Waals surface area contributed by atoms with Gasteiger partial charge in [-0.1, -0.05) is 24.3 Å². The molecule has 3 rings (SSSR count). The van der Waals surface area contributed by atoms with E-state index in [9.17, 15) is 0 Å². The molecule has 0 aromatic heterocycles. The molecule has 0 saturated heterocycles. The molecule has 1 aliphatic heterocycles. The Bertz CT molecular complexity index is 584. The molecule has 4 heteroatoms. The third-order valence-electron chi connectivity index (χ3n) is 3.10. The first-order valence-electron chi connectivity index (χ1n) is 6.26. The van der Waals surface area contributed by atoms with E-state index in [1.54, 1.807) is 0 Å². The Morgan fingerprint density at radius 2 is 1.84 bits per heavy atom. The fraction of sp³-hybridized carbons (Fsp3) is 0.200. The first-order chi connectivity index (χ1) is 9.35. The highest BCUT2D eigenvalue weighted by Crippen LogP contribution is 2.34. The maximum Gasteiger partial charge on any atom is 0.231 e. The normalized spacial score (nSPS) is 12.5. The minimum absolute atomic E-state index is 0.303. The van der Waals surface area contributed by atoms with E-state index in [1.807, 2.05) is 30.3 Å². The van der Waals surface area contributed by atoms with Crippen molar-refractivity contribution in [3.63, 3.8) is 0 Å². The van der Waals surface area contributed by atoms with Gasteiger partial charge < -0.3 is 20.5 Å². The van der Waals surface area contributed by atoms with Crippen molar-refractivity contribution in [1.82, 2.24) is 0 Å². The van der Waals surface area contributed by atoms with E-state index >= 15 is 0 Å². The van der Waals surface area contributed by atoms with Crippen molar-refractivity contribution >= 4 is 5.69 Å². The molecule has 1 aliphatic rings. The van der Waals surface area contributed by atoms with E-state index in [2.05, 4.69) is 17.4 Å². The van der Waals surface area contributed by atoms with Gasteiger partial charge in [-0.05, 0) is 23.3 Å². The maximum atomic E-state index is 5.64. The number of ether oxygens (including phenoxy) is 2.